The van der Waals surface area contributed by atoms with Gasteiger partial charge in [-0.3, -0.25) is 4.68 Å². The Balaban J connectivity index is 2.71. The van der Waals surface area contributed by atoms with E-state index >= 15 is 0 Å². The Morgan fingerprint density at radius 2 is 2.38 bits per heavy atom. The minimum atomic E-state index is -0.285. The minimum absolute atomic E-state index is 0.285. The van der Waals surface area contributed by atoms with Gasteiger partial charge in [-0.25, -0.2) is 4.79 Å². The first-order chi connectivity index (χ1) is 6.16. The number of esters is 1. The lowest BCUT2D eigenvalue weighted by Gasteiger charge is -2.01. The van der Waals surface area contributed by atoms with Gasteiger partial charge in [-0.05, 0) is 13.3 Å². The van der Waals surface area contributed by atoms with Crippen LogP contribution in [-0.4, -0.2) is 22.4 Å². The second-order valence-corrected chi connectivity index (χ2v) is 2.90. The summed E-state index contributed by atoms with van der Waals surface area (Å²) in [5.41, 5.74) is 1.39. The van der Waals surface area contributed by atoms with Gasteiger partial charge in [-0.2, -0.15) is 5.10 Å². The highest BCUT2D eigenvalue weighted by Gasteiger charge is 2.13. The van der Waals surface area contributed by atoms with Gasteiger partial charge < -0.3 is 4.74 Å². The normalized spacial score (nSPS) is 10.1. The molecule has 1 rings (SSSR count). The average molecular weight is 182 g/mol. The molecule has 0 aliphatic carbocycles. The molecule has 0 N–H and O–H groups in total. The smallest absolute Gasteiger partial charge is 0.341 e. The predicted molar refractivity (Wildman–Crippen MR) is 48.5 cm³/mol. The fourth-order valence-corrected chi connectivity index (χ4v) is 0.972. The Bertz CT molecular complexity index is 305. The zero-order chi connectivity index (χ0) is 9.84. The molecule has 0 aromatic carbocycles. The molecule has 0 saturated heterocycles. The SMILES string of the molecule is CCCOC(=O)c1cnn(C)c1C. The number of rotatable bonds is 3. The molecule has 1 aromatic heterocycles. The molecule has 0 aliphatic heterocycles. The lowest BCUT2D eigenvalue weighted by molar-refractivity contribution is 0.0504. The Labute approximate surface area is 77.5 Å². The maximum absolute atomic E-state index is 11.4. The van der Waals surface area contributed by atoms with E-state index in [1.807, 2.05) is 13.8 Å². The highest BCUT2D eigenvalue weighted by molar-refractivity contribution is 5.90. The van der Waals surface area contributed by atoms with Crippen molar-refractivity contribution in [2.45, 2.75) is 20.3 Å². The molecule has 0 spiro atoms. The Hall–Kier alpha value is -1.32. The van der Waals surface area contributed by atoms with Crippen LogP contribution in [-0.2, 0) is 11.8 Å². The van der Waals surface area contributed by atoms with E-state index in [4.69, 9.17) is 4.74 Å². The molecular formula is C9H14N2O2. The van der Waals surface area contributed by atoms with Crippen LogP contribution in [0, 0.1) is 6.92 Å². The molecule has 0 radical (unpaired) electrons. The van der Waals surface area contributed by atoms with Crippen LogP contribution in [0.4, 0.5) is 0 Å². The van der Waals surface area contributed by atoms with Gasteiger partial charge in [0, 0.05) is 12.7 Å². The molecule has 0 aliphatic rings. The Morgan fingerprint density at radius 1 is 1.69 bits per heavy atom. The van der Waals surface area contributed by atoms with Crippen molar-refractivity contribution < 1.29 is 9.53 Å². The third kappa shape index (κ3) is 2.08. The fraction of sp³-hybridized carbons (Fsp3) is 0.556. The summed E-state index contributed by atoms with van der Waals surface area (Å²) < 4.78 is 6.63. The molecule has 72 valence electrons. The fourth-order valence-electron chi connectivity index (χ4n) is 0.972. The predicted octanol–water partition coefficient (Wildman–Crippen LogP) is 1.30. The van der Waals surface area contributed by atoms with E-state index in [2.05, 4.69) is 5.10 Å². The molecule has 4 heteroatoms. The van der Waals surface area contributed by atoms with Crippen molar-refractivity contribution in [1.82, 2.24) is 9.78 Å². The third-order valence-electron chi connectivity index (χ3n) is 1.89. The molecule has 0 amide bonds. The summed E-state index contributed by atoms with van der Waals surface area (Å²) in [6, 6.07) is 0. The second kappa shape index (κ2) is 4.07. The Morgan fingerprint density at radius 3 is 2.85 bits per heavy atom. The average Bonchev–Trinajstić information content (AvgIpc) is 2.44. The van der Waals surface area contributed by atoms with Gasteiger partial charge in [0.1, 0.15) is 5.56 Å². The molecule has 0 atom stereocenters. The van der Waals surface area contributed by atoms with Crippen LogP contribution in [0.3, 0.4) is 0 Å². The summed E-state index contributed by atoms with van der Waals surface area (Å²) in [4.78, 5) is 11.4. The summed E-state index contributed by atoms with van der Waals surface area (Å²) in [5, 5.41) is 3.96. The van der Waals surface area contributed by atoms with Crippen LogP contribution in [0.2, 0.25) is 0 Å². The number of carbonyl (C=O) groups excluding carboxylic acids is 1. The highest BCUT2D eigenvalue weighted by Crippen LogP contribution is 2.07. The number of aromatic nitrogens is 2. The van der Waals surface area contributed by atoms with E-state index in [0.717, 1.165) is 12.1 Å². The van der Waals surface area contributed by atoms with Crippen LogP contribution in [0.25, 0.3) is 0 Å². The standard InChI is InChI=1S/C9H14N2O2/c1-4-5-13-9(12)8-6-10-11(3)7(8)2/h6H,4-5H2,1-3H3. The lowest BCUT2D eigenvalue weighted by Crippen LogP contribution is -2.07. The van der Waals surface area contributed by atoms with Crippen molar-refractivity contribution >= 4 is 5.97 Å². The lowest BCUT2D eigenvalue weighted by atomic mass is 10.3. The first kappa shape index (κ1) is 9.77. The first-order valence-corrected chi connectivity index (χ1v) is 4.32. The van der Waals surface area contributed by atoms with Crippen molar-refractivity contribution in [1.29, 1.82) is 0 Å². The van der Waals surface area contributed by atoms with Gasteiger partial charge in [0.2, 0.25) is 0 Å². The van der Waals surface area contributed by atoms with Crippen LogP contribution >= 0.6 is 0 Å². The molecule has 0 unspecified atom stereocenters. The van der Waals surface area contributed by atoms with Crippen molar-refractivity contribution in [2.24, 2.45) is 7.05 Å². The minimum Gasteiger partial charge on any atom is -0.462 e. The monoisotopic (exact) mass is 182 g/mol. The van der Waals surface area contributed by atoms with E-state index in [1.54, 1.807) is 11.7 Å². The highest BCUT2D eigenvalue weighted by atomic mass is 16.5. The van der Waals surface area contributed by atoms with E-state index in [9.17, 15) is 4.79 Å². The third-order valence-corrected chi connectivity index (χ3v) is 1.89. The van der Waals surface area contributed by atoms with Gasteiger partial charge in [-0.1, -0.05) is 6.92 Å². The maximum Gasteiger partial charge on any atom is 0.341 e. The van der Waals surface area contributed by atoms with Gasteiger partial charge in [0.05, 0.1) is 12.8 Å². The van der Waals surface area contributed by atoms with E-state index in [-0.39, 0.29) is 5.97 Å². The molecule has 0 saturated carbocycles. The second-order valence-electron chi connectivity index (χ2n) is 2.90. The number of ether oxygens (including phenoxy) is 1. The van der Waals surface area contributed by atoms with Gasteiger partial charge in [0.15, 0.2) is 0 Å². The van der Waals surface area contributed by atoms with Crippen LogP contribution in [0.5, 0.6) is 0 Å². The van der Waals surface area contributed by atoms with E-state index in [1.165, 1.54) is 6.20 Å². The summed E-state index contributed by atoms with van der Waals surface area (Å²) in [5.74, 6) is -0.285. The molecule has 0 fully saturated rings. The number of aryl methyl sites for hydroxylation is 1. The molecular weight excluding hydrogens is 168 g/mol. The maximum atomic E-state index is 11.4. The van der Waals surface area contributed by atoms with Gasteiger partial charge >= 0.3 is 5.97 Å². The quantitative estimate of drug-likeness (QED) is 0.662. The topological polar surface area (TPSA) is 44.1 Å². The van der Waals surface area contributed by atoms with Gasteiger partial charge in [0.25, 0.3) is 0 Å². The molecule has 4 nitrogen and oxygen atoms in total. The molecule has 1 heterocycles. The van der Waals surface area contributed by atoms with E-state index < -0.39 is 0 Å². The van der Waals surface area contributed by atoms with Crippen molar-refractivity contribution in [3.63, 3.8) is 0 Å². The number of carbonyl (C=O) groups is 1. The number of hydrogen-bond donors (Lipinski definition) is 0. The van der Waals surface area contributed by atoms with Crippen molar-refractivity contribution in [3.8, 4) is 0 Å². The summed E-state index contributed by atoms with van der Waals surface area (Å²) in [6.07, 6.45) is 2.37. The molecule has 13 heavy (non-hydrogen) atoms. The zero-order valence-electron chi connectivity index (χ0n) is 8.20. The first-order valence-electron chi connectivity index (χ1n) is 4.32. The van der Waals surface area contributed by atoms with Crippen LogP contribution < -0.4 is 0 Å². The number of nitrogens with zero attached hydrogens (tertiary/aromatic N) is 2. The summed E-state index contributed by atoms with van der Waals surface area (Å²) in [7, 11) is 1.80. The number of hydrogen-bond acceptors (Lipinski definition) is 3. The zero-order valence-corrected chi connectivity index (χ0v) is 8.20. The van der Waals surface area contributed by atoms with Crippen molar-refractivity contribution in [3.05, 3.63) is 17.5 Å². The van der Waals surface area contributed by atoms with Crippen molar-refractivity contribution in [2.75, 3.05) is 6.61 Å². The summed E-state index contributed by atoms with van der Waals surface area (Å²) in [6.45, 7) is 4.27. The molecule has 0 bridgehead atoms. The van der Waals surface area contributed by atoms with Crippen LogP contribution in [0.15, 0.2) is 6.20 Å². The van der Waals surface area contributed by atoms with E-state index in [0.29, 0.717) is 12.2 Å². The van der Waals surface area contributed by atoms with Gasteiger partial charge in [-0.15, -0.1) is 0 Å². The Kier molecular flexibility index (Phi) is 3.06. The largest absolute Gasteiger partial charge is 0.462 e. The molecule has 1 aromatic rings. The summed E-state index contributed by atoms with van der Waals surface area (Å²) >= 11 is 0. The van der Waals surface area contributed by atoms with Crippen LogP contribution in [0.1, 0.15) is 29.4 Å².